The van der Waals surface area contributed by atoms with Crippen molar-refractivity contribution < 1.29 is 0 Å². The summed E-state index contributed by atoms with van der Waals surface area (Å²) in [5.74, 6) is 2.41. The molecular weight excluding hydrogens is 266 g/mol. The highest BCUT2D eigenvalue weighted by atomic mass is 35.5. The average Bonchev–Trinajstić information content (AvgIpc) is 2.36. The largest absolute Gasteiger partial charge is 0.373 e. The fourth-order valence-electron chi connectivity index (χ4n) is 1.53. The zero-order chi connectivity index (χ0) is 13.0. The number of hydrogen-bond acceptors (Lipinski definition) is 4. The van der Waals surface area contributed by atoms with Gasteiger partial charge in [-0.15, -0.1) is 11.8 Å². The Hall–Kier alpha value is -1.26. The zero-order valence-corrected chi connectivity index (χ0v) is 11.8. The summed E-state index contributed by atoms with van der Waals surface area (Å²) in [4.78, 5) is 9.95. The van der Waals surface area contributed by atoms with E-state index in [1.54, 1.807) is 11.8 Å². The van der Waals surface area contributed by atoms with E-state index >= 15 is 0 Å². The molecule has 0 unspecified atom stereocenters. The van der Waals surface area contributed by atoms with E-state index in [2.05, 4.69) is 15.3 Å². The lowest BCUT2D eigenvalue weighted by Gasteiger charge is -2.05. The normalized spacial score (nSPS) is 10.4. The summed E-state index contributed by atoms with van der Waals surface area (Å²) in [6, 6.07) is 9.72. The van der Waals surface area contributed by atoms with E-state index < -0.39 is 0 Å². The van der Waals surface area contributed by atoms with E-state index in [-0.39, 0.29) is 0 Å². The van der Waals surface area contributed by atoms with Crippen molar-refractivity contribution in [3.8, 4) is 0 Å². The van der Waals surface area contributed by atoms with Crippen LogP contribution in [0.2, 0.25) is 5.02 Å². The highest BCUT2D eigenvalue weighted by Crippen LogP contribution is 2.24. The lowest BCUT2D eigenvalue weighted by molar-refractivity contribution is 0.996. The van der Waals surface area contributed by atoms with Crippen LogP contribution >= 0.6 is 23.4 Å². The van der Waals surface area contributed by atoms with Crippen LogP contribution in [0.3, 0.4) is 0 Å². The standard InChI is InChI=1S/C13H14ClN3S/c1-9-6-12(15-2)17-13(16-9)8-18-11-5-3-4-10(14)7-11/h3-7H,8H2,1-2H3,(H,15,16,17). The van der Waals surface area contributed by atoms with Gasteiger partial charge in [0.05, 0.1) is 5.75 Å². The third-order valence-corrected chi connectivity index (χ3v) is 3.55. The monoisotopic (exact) mass is 279 g/mol. The van der Waals surface area contributed by atoms with Crippen molar-refractivity contribution in [2.24, 2.45) is 0 Å². The topological polar surface area (TPSA) is 37.8 Å². The minimum atomic E-state index is 0.733. The van der Waals surface area contributed by atoms with Gasteiger partial charge < -0.3 is 5.32 Å². The number of nitrogens with zero attached hydrogens (tertiary/aromatic N) is 2. The van der Waals surface area contributed by atoms with Crippen molar-refractivity contribution in [3.63, 3.8) is 0 Å². The van der Waals surface area contributed by atoms with Crippen LogP contribution < -0.4 is 5.32 Å². The van der Waals surface area contributed by atoms with Gasteiger partial charge in [0.25, 0.3) is 0 Å². The number of benzene rings is 1. The van der Waals surface area contributed by atoms with Crippen molar-refractivity contribution in [3.05, 3.63) is 46.9 Å². The van der Waals surface area contributed by atoms with Gasteiger partial charge in [-0.3, -0.25) is 0 Å². The number of aryl methyl sites for hydroxylation is 1. The van der Waals surface area contributed by atoms with Crippen LogP contribution in [0.15, 0.2) is 35.2 Å². The van der Waals surface area contributed by atoms with E-state index in [9.17, 15) is 0 Å². The van der Waals surface area contributed by atoms with Crippen molar-refractivity contribution in [2.75, 3.05) is 12.4 Å². The van der Waals surface area contributed by atoms with Gasteiger partial charge in [-0.2, -0.15) is 0 Å². The minimum absolute atomic E-state index is 0.733. The third kappa shape index (κ3) is 3.62. The number of aromatic nitrogens is 2. The molecule has 3 nitrogen and oxygen atoms in total. The molecular formula is C13H14ClN3S. The Morgan fingerprint density at radius 1 is 1.28 bits per heavy atom. The second-order valence-electron chi connectivity index (χ2n) is 3.81. The van der Waals surface area contributed by atoms with E-state index in [0.29, 0.717) is 0 Å². The number of nitrogens with one attached hydrogen (secondary N) is 1. The number of thioether (sulfide) groups is 1. The SMILES string of the molecule is CNc1cc(C)nc(CSc2cccc(Cl)c2)n1. The molecule has 0 atom stereocenters. The molecule has 5 heteroatoms. The van der Waals surface area contributed by atoms with Crippen molar-refractivity contribution in [1.82, 2.24) is 9.97 Å². The van der Waals surface area contributed by atoms with Crippen LogP contribution in [0.1, 0.15) is 11.5 Å². The molecule has 94 valence electrons. The molecule has 1 aromatic heterocycles. The maximum absolute atomic E-state index is 5.94. The van der Waals surface area contributed by atoms with Gasteiger partial charge in [-0.1, -0.05) is 17.7 Å². The summed E-state index contributed by atoms with van der Waals surface area (Å²) in [5, 5.41) is 3.78. The van der Waals surface area contributed by atoms with Gasteiger partial charge in [-0.25, -0.2) is 9.97 Å². The number of anilines is 1. The molecule has 0 spiro atoms. The summed E-state index contributed by atoms with van der Waals surface area (Å²) >= 11 is 7.62. The van der Waals surface area contributed by atoms with Crippen molar-refractivity contribution in [2.45, 2.75) is 17.6 Å². The summed E-state index contributed by atoms with van der Waals surface area (Å²) in [7, 11) is 1.86. The molecule has 1 N–H and O–H groups in total. The Labute approximate surface area is 116 Å². The molecule has 1 heterocycles. The Bertz CT molecular complexity index is 546. The maximum atomic E-state index is 5.94. The molecule has 2 aromatic rings. The van der Waals surface area contributed by atoms with Crippen molar-refractivity contribution >= 4 is 29.2 Å². The van der Waals surface area contributed by atoms with E-state index in [4.69, 9.17) is 11.6 Å². The molecule has 0 aliphatic rings. The highest BCUT2D eigenvalue weighted by molar-refractivity contribution is 7.98. The molecule has 2 rings (SSSR count). The molecule has 18 heavy (non-hydrogen) atoms. The van der Waals surface area contributed by atoms with E-state index in [1.165, 1.54) is 0 Å². The summed E-state index contributed by atoms with van der Waals surface area (Å²) in [5.41, 5.74) is 0.969. The summed E-state index contributed by atoms with van der Waals surface area (Å²) in [6.07, 6.45) is 0. The molecule has 0 fully saturated rings. The van der Waals surface area contributed by atoms with Gasteiger partial charge >= 0.3 is 0 Å². The molecule has 0 aliphatic heterocycles. The Morgan fingerprint density at radius 3 is 2.83 bits per heavy atom. The number of rotatable bonds is 4. The molecule has 0 amide bonds. The zero-order valence-electron chi connectivity index (χ0n) is 10.3. The maximum Gasteiger partial charge on any atom is 0.141 e. The van der Waals surface area contributed by atoms with E-state index in [0.717, 1.165) is 33.0 Å². The van der Waals surface area contributed by atoms with Gasteiger partial charge in [-0.05, 0) is 25.1 Å². The first-order valence-electron chi connectivity index (χ1n) is 5.58. The van der Waals surface area contributed by atoms with Crippen LogP contribution in [-0.2, 0) is 5.75 Å². The van der Waals surface area contributed by atoms with E-state index in [1.807, 2.05) is 44.3 Å². The minimum Gasteiger partial charge on any atom is -0.373 e. The first-order valence-corrected chi connectivity index (χ1v) is 6.94. The molecule has 0 bridgehead atoms. The quantitative estimate of drug-likeness (QED) is 0.865. The van der Waals surface area contributed by atoms with Crippen LogP contribution in [0.5, 0.6) is 0 Å². The molecule has 0 radical (unpaired) electrons. The lowest BCUT2D eigenvalue weighted by atomic mass is 10.4. The first kappa shape index (κ1) is 13.2. The van der Waals surface area contributed by atoms with Gasteiger partial charge in [0.1, 0.15) is 11.6 Å². The lowest BCUT2D eigenvalue weighted by Crippen LogP contribution is -2.00. The predicted octanol–water partition coefficient (Wildman–Crippen LogP) is 3.77. The Morgan fingerprint density at radius 2 is 2.11 bits per heavy atom. The average molecular weight is 280 g/mol. The molecule has 0 aliphatic carbocycles. The Kier molecular flexibility index (Phi) is 4.44. The second kappa shape index (κ2) is 6.07. The summed E-state index contributed by atoms with van der Waals surface area (Å²) < 4.78 is 0. The Balaban J connectivity index is 2.08. The molecule has 0 saturated heterocycles. The van der Waals surface area contributed by atoms with Crippen molar-refractivity contribution in [1.29, 1.82) is 0 Å². The summed E-state index contributed by atoms with van der Waals surface area (Å²) in [6.45, 7) is 1.97. The number of hydrogen-bond donors (Lipinski definition) is 1. The highest BCUT2D eigenvalue weighted by Gasteiger charge is 2.03. The fourth-order valence-corrected chi connectivity index (χ4v) is 2.59. The van der Waals surface area contributed by atoms with Gasteiger partial charge in [0, 0.05) is 28.7 Å². The second-order valence-corrected chi connectivity index (χ2v) is 5.29. The predicted molar refractivity (Wildman–Crippen MR) is 77.3 cm³/mol. The molecule has 1 aromatic carbocycles. The number of halogens is 1. The fraction of sp³-hybridized carbons (Fsp3) is 0.231. The van der Waals surface area contributed by atoms with Crippen LogP contribution in [0, 0.1) is 6.92 Å². The van der Waals surface area contributed by atoms with Crippen LogP contribution in [-0.4, -0.2) is 17.0 Å². The molecule has 0 saturated carbocycles. The first-order chi connectivity index (χ1) is 8.67. The van der Waals surface area contributed by atoms with Crippen LogP contribution in [0.4, 0.5) is 5.82 Å². The smallest absolute Gasteiger partial charge is 0.141 e. The van der Waals surface area contributed by atoms with Crippen LogP contribution in [0.25, 0.3) is 0 Å². The van der Waals surface area contributed by atoms with Gasteiger partial charge in [0.15, 0.2) is 0 Å². The van der Waals surface area contributed by atoms with Gasteiger partial charge in [0.2, 0.25) is 0 Å². The third-order valence-electron chi connectivity index (χ3n) is 2.32.